The van der Waals surface area contributed by atoms with Crippen molar-refractivity contribution < 1.29 is 4.79 Å². The van der Waals surface area contributed by atoms with E-state index in [0.717, 1.165) is 26.7 Å². The molecule has 1 heterocycles. The number of aromatic nitrogens is 2. The van der Waals surface area contributed by atoms with Gasteiger partial charge in [0, 0.05) is 29.8 Å². The van der Waals surface area contributed by atoms with Gasteiger partial charge in [0.25, 0.3) is 0 Å². The summed E-state index contributed by atoms with van der Waals surface area (Å²) in [6.07, 6.45) is 3.55. The average molecular weight is 402 g/mol. The van der Waals surface area contributed by atoms with Crippen LogP contribution in [0.1, 0.15) is 28.3 Å². The summed E-state index contributed by atoms with van der Waals surface area (Å²) in [5.41, 5.74) is 4.33. The summed E-state index contributed by atoms with van der Waals surface area (Å²) >= 11 is 3.49. The molecule has 1 amide bonds. The second-order valence-corrected chi connectivity index (χ2v) is 6.32. The molecule has 2 aromatic rings. The van der Waals surface area contributed by atoms with E-state index >= 15 is 0 Å². The average Bonchev–Trinajstić information content (AvgIpc) is 2.84. The van der Waals surface area contributed by atoms with Gasteiger partial charge in [-0.05, 0) is 49.7 Å². The fourth-order valence-electron chi connectivity index (χ4n) is 2.54. The van der Waals surface area contributed by atoms with Crippen molar-refractivity contribution >= 4 is 34.2 Å². The van der Waals surface area contributed by atoms with Crippen LogP contribution in [0.3, 0.4) is 0 Å². The molecule has 0 bridgehead atoms. The van der Waals surface area contributed by atoms with Crippen LogP contribution in [0.5, 0.6) is 0 Å². The van der Waals surface area contributed by atoms with Gasteiger partial charge in [-0.1, -0.05) is 15.9 Å². The molecule has 0 aliphatic rings. The molecule has 23 heavy (non-hydrogen) atoms. The number of amides is 1. The fraction of sp³-hybridized carbons (Fsp3) is 0.375. The van der Waals surface area contributed by atoms with Crippen molar-refractivity contribution in [2.75, 3.05) is 7.05 Å². The van der Waals surface area contributed by atoms with Gasteiger partial charge in [-0.25, -0.2) is 0 Å². The SMILES string of the molecule is CNC(C(=O)NCc1c(C)cc(Br)cc1C)c1cnn(C)c1.Cl. The summed E-state index contributed by atoms with van der Waals surface area (Å²) in [5, 5.41) is 10.2. The van der Waals surface area contributed by atoms with Gasteiger partial charge in [-0.3, -0.25) is 9.48 Å². The molecule has 0 spiro atoms. The van der Waals surface area contributed by atoms with E-state index in [1.54, 1.807) is 17.9 Å². The van der Waals surface area contributed by atoms with E-state index < -0.39 is 6.04 Å². The van der Waals surface area contributed by atoms with E-state index in [1.165, 1.54) is 0 Å². The van der Waals surface area contributed by atoms with Crippen molar-refractivity contribution in [2.24, 2.45) is 7.05 Å². The standard InChI is InChI=1S/C16H21BrN4O.ClH/c1-10-5-13(17)6-11(2)14(10)8-19-16(22)15(18-3)12-7-20-21(4)9-12;/h5-7,9,15,18H,8H2,1-4H3,(H,19,22);1H. The fourth-order valence-corrected chi connectivity index (χ4v) is 3.22. The van der Waals surface area contributed by atoms with Crippen LogP contribution in [0, 0.1) is 13.8 Å². The van der Waals surface area contributed by atoms with Gasteiger partial charge in [0.2, 0.25) is 5.91 Å². The Labute approximate surface area is 151 Å². The van der Waals surface area contributed by atoms with Gasteiger partial charge in [0.05, 0.1) is 6.20 Å². The molecular formula is C16H22BrClN4O. The minimum absolute atomic E-state index is 0. The number of aryl methyl sites for hydroxylation is 3. The Morgan fingerprint density at radius 2 is 1.96 bits per heavy atom. The van der Waals surface area contributed by atoms with Crippen LogP contribution in [-0.4, -0.2) is 22.7 Å². The summed E-state index contributed by atoms with van der Waals surface area (Å²) in [6, 6.07) is 3.72. The number of carbonyl (C=O) groups excluding carboxylic acids is 1. The Hall–Kier alpha value is -1.37. The van der Waals surface area contributed by atoms with Crippen molar-refractivity contribution in [3.05, 3.63) is 51.3 Å². The summed E-state index contributed by atoms with van der Waals surface area (Å²) in [5.74, 6) is -0.0581. The first-order valence-electron chi connectivity index (χ1n) is 7.11. The Morgan fingerprint density at radius 1 is 1.35 bits per heavy atom. The zero-order valence-electron chi connectivity index (χ0n) is 13.7. The second-order valence-electron chi connectivity index (χ2n) is 5.40. The lowest BCUT2D eigenvalue weighted by Gasteiger charge is -2.16. The maximum atomic E-state index is 12.4. The molecule has 7 heteroatoms. The summed E-state index contributed by atoms with van der Waals surface area (Å²) in [6.45, 7) is 4.62. The second kappa shape index (κ2) is 8.47. The molecule has 1 unspecified atom stereocenters. The van der Waals surface area contributed by atoms with E-state index in [4.69, 9.17) is 0 Å². The van der Waals surface area contributed by atoms with E-state index in [9.17, 15) is 4.79 Å². The predicted octanol–water partition coefficient (Wildman–Crippen LogP) is 2.80. The molecule has 2 N–H and O–H groups in total. The Kier molecular flexibility index (Phi) is 7.25. The van der Waals surface area contributed by atoms with Crippen molar-refractivity contribution in [3.8, 4) is 0 Å². The molecule has 5 nitrogen and oxygen atoms in total. The number of nitrogens with zero attached hydrogens (tertiary/aromatic N) is 2. The van der Waals surface area contributed by atoms with E-state index in [-0.39, 0.29) is 18.3 Å². The number of halogens is 2. The normalized spacial score (nSPS) is 11.7. The maximum absolute atomic E-state index is 12.4. The highest BCUT2D eigenvalue weighted by molar-refractivity contribution is 9.10. The minimum Gasteiger partial charge on any atom is -0.350 e. The lowest BCUT2D eigenvalue weighted by atomic mass is 10.0. The third-order valence-corrected chi connectivity index (χ3v) is 4.17. The van der Waals surface area contributed by atoms with Gasteiger partial charge in [-0.2, -0.15) is 5.10 Å². The van der Waals surface area contributed by atoms with Crippen LogP contribution in [0.4, 0.5) is 0 Å². The van der Waals surface area contributed by atoms with Crippen molar-refractivity contribution in [1.29, 1.82) is 0 Å². The quantitative estimate of drug-likeness (QED) is 0.810. The molecule has 1 aromatic carbocycles. The van der Waals surface area contributed by atoms with Crippen LogP contribution >= 0.6 is 28.3 Å². The summed E-state index contributed by atoms with van der Waals surface area (Å²) < 4.78 is 2.75. The van der Waals surface area contributed by atoms with Gasteiger partial charge < -0.3 is 10.6 Å². The number of carbonyl (C=O) groups is 1. The molecule has 0 radical (unpaired) electrons. The Morgan fingerprint density at radius 3 is 2.43 bits per heavy atom. The van der Waals surface area contributed by atoms with Crippen molar-refractivity contribution in [2.45, 2.75) is 26.4 Å². The predicted molar refractivity (Wildman–Crippen MR) is 97.7 cm³/mol. The Balaban J connectivity index is 0.00000264. The van der Waals surface area contributed by atoms with E-state index in [0.29, 0.717) is 6.54 Å². The van der Waals surface area contributed by atoms with Gasteiger partial charge in [-0.15, -0.1) is 12.4 Å². The highest BCUT2D eigenvalue weighted by Crippen LogP contribution is 2.20. The van der Waals surface area contributed by atoms with Crippen LogP contribution in [-0.2, 0) is 18.4 Å². The minimum atomic E-state index is -0.398. The molecule has 0 fully saturated rings. The van der Waals surface area contributed by atoms with Crippen molar-refractivity contribution in [3.63, 3.8) is 0 Å². The molecule has 0 saturated heterocycles. The summed E-state index contributed by atoms with van der Waals surface area (Å²) in [4.78, 5) is 12.4. The zero-order chi connectivity index (χ0) is 16.3. The molecule has 1 atom stereocenters. The molecule has 0 saturated carbocycles. The van der Waals surface area contributed by atoms with Crippen LogP contribution in [0.15, 0.2) is 29.0 Å². The first kappa shape index (κ1) is 19.7. The third-order valence-electron chi connectivity index (χ3n) is 3.71. The van der Waals surface area contributed by atoms with Gasteiger partial charge in [0.15, 0.2) is 0 Å². The zero-order valence-corrected chi connectivity index (χ0v) is 16.1. The highest BCUT2D eigenvalue weighted by atomic mass is 79.9. The molecule has 2 rings (SSSR count). The maximum Gasteiger partial charge on any atom is 0.242 e. The van der Waals surface area contributed by atoms with Crippen LogP contribution < -0.4 is 10.6 Å². The molecule has 1 aromatic heterocycles. The number of benzene rings is 1. The molecular weight excluding hydrogens is 380 g/mol. The molecule has 126 valence electrons. The van der Waals surface area contributed by atoms with Crippen LogP contribution in [0.25, 0.3) is 0 Å². The number of hydrogen-bond donors (Lipinski definition) is 2. The largest absolute Gasteiger partial charge is 0.350 e. The number of nitrogens with one attached hydrogen (secondary N) is 2. The number of rotatable bonds is 5. The van der Waals surface area contributed by atoms with E-state index in [2.05, 4.69) is 57.6 Å². The lowest BCUT2D eigenvalue weighted by Crippen LogP contribution is -2.35. The first-order valence-corrected chi connectivity index (χ1v) is 7.90. The Bertz CT molecular complexity index is 663. The first-order chi connectivity index (χ1) is 10.4. The van der Waals surface area contributed by atoms with Crippen LogP contribution in [0.2, 0.25) is 0 Å². The molecule has 0 aliphatic carbocycles. The molecule has 0 aliphatic heterocycles. The third kappa shape index (κ3) is 4.80. The number of likely N-dealkylation sites (N-methyl/N-ethyl adjacent to an activating group) is 1. The monoisotopic (exact) mass is 400 g/mol. The van der Waals surface area contributed by atoms with E-state index in [1.807, 2.05) is 13.2 Å². The highest BCUT2D eigenvalue weighted by Gasteiger charge is 2.20. The van der Waals surface area contributed by atoms with Gasteiger partial charge >= 0.3 is 0 Å². The summed E-state index contributed by atoms with van der Waals surface area (Å²) in [7, 11) is 3.61. The smallest absolute Gasteiger partial charge is 0.242 e. The van der Waals surface area contributed by atoms with Gasteiger partial charge in [0.1, 0.15) is 6.04 Å². The number of hydrogen-bond acceptors (Lipinski definition) is 3. The lowest BCUT2D eigenvalue weighted by molar-refractivity contribution is -0.123. The topological polar surface area (TPSA) is 59.0 Å². The van der Waals surface area contributed by atoms with Crippen molar-refractivity contribution in [1.82, 2.24) is 20.4 Å².